The zero-order valence-electron chi connectivity index (χ0n) is 12.9. The lowest BCUT2D eigenvalue weighted by Gasteiger charge is -2.46. The molecule has 8 heteroatoms. The van der Waals surface area contributed by atoms with Gasteiger partial charge in [-0.15, -0.1) is 5.10 Å². The molecular formula is C16H14N6O2. The molecule has 0 bridgehead atoms. The number of β-amino-alcohol motifs (C(OH)–C–C–N with tert-alkyl or cyclic N) is 1. The van der Waals surface area contributed by atoms with Crippen molar-refractivity contribution in [3.05, 3.63) is 42.5 Å². The second kappa shape index (κ2) is 4.51. The first-order valence-electron chi connectivity index (χ1n) is 7.60. The highest BCUT2D eigenvalue weighted by Gasteiger charge is 2.46. The molecule has 4 heterocycles. The monoisotopic (exact) mass is 322 g/mol. The number of hydrogen-bond donors (Lipinski definition) is 1. The highest BCUT2D eigenvalue weighted by molar-refractivity contribution is 6.05. The molecule has 1 fully saturated rings. The van der Waals surface area contributed by atoms with E-state index in [1.807, 2.05) is 29.2 Å². The zero-order chi connectivity index (χ0) is 16.3. The van der Waals surface area contributed by atoms with E-state index in [2.05, 4.69) is 20.3 Å². The van der Waals surface area contributed by atoms with E-state index in [1.54, 1.807) is 17.9 Å². The molecule has 1 aromatic carbocycles. The fourth-order valence-electron chi connectivity index (χ4n) is 3.34. The molecule has 3 aromatic heterocycles. The van der Waals surface area contributed by atoms with Gasteiger partial charge in [0, 0.05) is 12.4 Å². The maximum atomic E-state index is 10.8. The normalized spacial score (nSPS) is 16.7. The number of aliphatic hydroxyl groups is 1. The average molecular weight is 322 g/mol. The minimum Gasteiger partial charge on any atom is -0.450 e. The first-order chi connectivity index (χ1) is 11.7. The summed E-state index contributed by atoms with van der Waals surface area (Å²) in [6, 6.07) is 7.77. The molecular weight excluding hydrogens is 308 g/mol. The smallest absolute Gasteiger partial charge is 0.196 e. The molecule has 0 radical (unpaired) electrons. The summed E-state index contributed by atoms with van der Waals surface area (Å²) in [5.74, 6) is 0.691. The Morgan fingerprint density at radius 1 is 1.21 bits per heavy atom. The average Bonchev–Trinajstić information content (AvgIpc) is 3.15. The number of rotatable bonds is 2. The number of aromatic nitrogens is 5. The van der Waals surface area contributed by atoms with E-state index in [0.29, 0.717) is 30.2 Å². The molecule has 24 heavy (non-hydrogen) atoms. The van der Waals surface area contributed by atoms with Crippen LogP contribution in [0.15, 0.2) is 41.2 Å². The van der Waals surface area contributed by atoms with Gasteiger partial charge in [0.2, 0.25) is 0 Å². The van der Waals surface area contributed by atoms with Crippen LogP contribution in [0.4, 0.5) is 5.82 Å². The zero-order valence-corrected chi connectivity index (χ0v) is 12.9. The van der Waals surface area contributed by atoms with Crippen molar-refractivity contribution in [1.82, 2.24) is 25.0 Å². The first kappa shape index (κ1) is 13.4. The molecule has 0 unspecified atom stereocenters. The molecule has 120 valence electrons. The van der Waals surface area contributed by atoms with Gasteiger partial charge >= 0.3 is 0 Å². The molecule has 1 aliphatic heterocycles. The second-order valence-corrected chi connectivity index (χ2v) is 6.10. The van der Waals surface area contributed by atoms with Crippen molar-refractivity contribution in [3.63, 3.8) is 0 Å². The predicted molar refractivity (Wildman–Crippen MR) is 86.4 cm³/mol. The topological polar surface area (TPSA) is 93.1 Å². The van der Waals surface area contributed by atoms with Crippen LogP contribution < -0.4 is 4.90 Å². The van der Waals surface area contributed by atoms with E-state index in [0.717, 1.165) is 16.5 Å². The number of para-hydroxylation sites is 1. The van der Waals surface area contributed by atoms with Crippen molar-refractivity contribution in [2.24, 2.45) is 7.05 Å². The van der Waals surface area contributed by atoms with E-state index >= 15 is 0 Å². The molecule has 0 amide bonds. The third kappa shape index (κ3) is 1.71. The summed E-state index contributed by atoms with van der Waals surface area (Å²) in [6.45, 7) is 0.800. The van der Waals surface area contributed by atoms with Crippen LogP contribution in [0.5, 0.6) is 0 Å². The first-order valence-corrected chi connectivity index (χ1v) is 7.60. The Morgan fingerprint density at radius 3 is 2.83 bits per heavy atom. The highest BCUT2D eigenvalue weighted by Crippen LogP contribution is 2.38. The molecule has 0 atom stereocenters. The molecule has 1 N–H and O–H groups in total. The van der Waals surface area contributed by atoms with Crippen molar-refractivity contribution < 1.29 is 9.52 Å². The van der Waals surface area contributed by atoms with Crippen molar-refractivity contribution >= 4 is 27.9 Å². The van der Waals surface area contributed by atoms with Crippen LogP contribution in [-0.4, -0.2) is 43.2 Å². The summed E-state index contributed by atoms with van der Waals surface area (Å²) in [4.78, 5) is 10.7. The lowest BCUT2D eigenvalue weighted by molar-refractivity contribution is -0.000412. The number of hydrogen-bond acceptors (Lipinski definition) is 7. The Balaban J connectivity index is 1.56. The van der Waals surface area contributed by atoms with Crippen LogP contribution >= 0.6 is 0 Å². The largest absolute Gasteiger partial charge is 0.450 e. The van der Waals surface area contributed by atoms with Gasteiger partial charge in [0.05, 0.1) is 25.0 Å². The van der Waals surface area contributed by atoms with E-state index in [9.17, 15) is 5.11 Å². The van der Waals surface area contributed by atoms with Gasteiger partial charge in [-0.05, 0) is 12.1 Å². The van der Waals surface area contributed by atoms with Crippen LogP contribution in [0.1, 0.15) is 5.69 Å². The fourth-order valence-corrected chi connectivity index (χ4v) is 3.34. The molecule has 1 saturated heterocycles. The molecule has 0 aliphatic carbocycles. The number of furan rings is 1. The third-order valence-corrected chi connectivity index (χ3v) is 4.53. The Morgan fingerprint density at radius 2 is 2.04 bits per heavy atom. The Kier molecular flexibility index (Phi) is 2.53. The number of nitrogens with zero attached hydrogens (tertiary/aromatic N) is 6. The lowest BCUT2D eigenvalue weighted by Crippen LogP contribution is -2.60. The minimum atomic E-state index is -0.985. The molecule has 4 aromatic rings. The van der Waals surface area contributed by atoms with Crippen molar-refractivity contribution in [2.45, 2.75) is 5.60 Å². The molecule has 0 saturated carbocycles. The summed E-state index contributed by atoms with van der Waals surface area (Å²) in [7, 11) is 1.77. The minimum absolute atomic E-state index is 0.400. The maximum absolute atomic E-state index is 10.8. The maximum Gasteiger partial charge on any atom is 0.196 e. The van der Waals surface area contributed by atoms with Gasteiger partial charge in [-0.2, -0.15) is 0 Å². The van der Waals surface area contributed by atoms with Crippen LogP contribution in [0, 0.1) is 0 Å². The molecule has 8 nitrogen and oxygen atoms in total. The quantitative estimate of drug-likeness (QED) is 0.593. The summed E-state index contributed by atoms with van der Waals surface area (Å²) >= 11 is 0. The fraction of sp³-hybridized carbons (Fsp3) is 0.250. The number of aryl methyl sites for hydroxylation is 1. The molecule has 0 spiro atoms. The van der Waals surface area contributed by atoms with Gasteiger partial charge < -0.3 is 14.4 Å². The van der Waals surface area contributed by atoms with E-state index in [-0.39, 0.29) is 0 Å². The van der Waals surface area contributed by atoms with Gasteiger partial charge in [-0.25, -0.2) is 14.6 Å². The Hall–Kier alpha value is -3.00. The summed E-state index contributed by atoms with van der Waals surface area (Å²) in [6.07, 6.45) is 3.12. The molecule has 1 aliphatic rings. The summed E-state index contributed by atoms with van der Waals surface area (Å²) in [5, 5.41) is 19.5. The van der Waals surface area contributed by atoms with Crippen LogP contribution in [0.3, 0.4) is 0 Å². The van der Waals surface area contributed by atoms with Gasteiger partial charge in [0.1, 0.15) is 23.0 Å². The third-order valence-electron chi connectivity index (χ3n) is 4.53. The Labute approximate surface area is 136 Å². The lowest BCUT2D eigenvalue weighted by atomic mass is 9.90. The second-order valence-electron chi connectivity index (χ2n) is 6.10. The van der Waals surface area contributed by atoms with Gasteiger partial charge in [-0.1, -0.05) is 17.3 Å². The standard InChI is InChI=1S/C16H14N6O2/c1-21-12(6-19-20-21)16(23)7-22(8-16)15-14-13(17-9-18-15)10-4-2-3-5-11(10)24-14/h2-6,9,23H,7-8H2,1H3. The number of benzene rings is 1. The van der Waals surface area contributed by atoms with Gasteiger partial charge in [0.25, 0.3) is 0 Å². The van der Waals surface area contributed by atoms with Crippen LogP contribution in [0.2, 0.25) is 0 Å². The van der Waals surface area contributed by atoms with Crippen molar-refractivity contribution in [1.29, 1.82) is 0 Å². The van der Waals surface area contributed by atoms with E-state index in [4.69, 9.17) is 4.42 Å². The van der Waals surface area contributed by atoms with Crippen molar-refractivity contribution in [2.75, 3.05) is 18.0 Å². The van der Waals surface area contributed by atoms with Crippen LogP contribution in [0.25, 0.3) is 22.1 Å². The number of anilines is 1. The summed E-state index contributed by atoms with van der Waals surface area (Å²) < 4.78 is 7.54. The predicted octanol–water partition coefficient (Wildman–Crippen LogP) is 1.21. The highest BCUT2D eigenvalue weighted by atomic mass is 16.3. The molecule has 5 rings (SSSR count). The van der Waals surface area contributed by atoms with Crippen LogP contribution in [-0.2, 0) is 12.6 Å². The van der Waals surface area contributed by atoms with Crippen molar-refractivity contribution in [3.8, 4) is 0 Å². The van der Waals surface area contributed by atoms with E-state index < -0.39 is 5.60 Å². The number of fused-ring (bicyclic) bond motifs is 3. The van der Waals surface area contributed by atoms with Gasteiger partial charge in [0.15, 0.2) is 11.4 Å². The van der Waals surface area contributed by atoms with Gasteiger partial charge in [-0.3, -0.25) is 0 Å². The van der Waals surface area contributed by atoms with E-state index in [1.165, 1.54) is 6.33 Å². The SMILES string of the molecule is Cn1nncc1C1(O)CN(c2ncnc3c2oc2ccccc23)C1. The Bertz CT molecular complexity index is 1060. The summed E-state index contributed by atoms with van der Waals surface area (Å²) in [5.41, 5.74) is 1.91.